The zero-order chi connectivity index (χ0) is 22.2. The number of carbonyl (C=O) groups excluding carboxylic acids is 2. The molecule has 0 saturated carbocycles. The number of hydrogen-bond acceptors (Lipinski definition) is 6. The molecule has 0 fully saturated rings. The monoisotopic (exact) mass is 424 g/mol. The van der Waals surface area contributed by atoms with Gasteiger partial charge in [-0.05, 0) is 35.9 Å². The highest BCUT2D eigenvalue weighted by Crippen LogP contribution is 2.21. The number of nitro benzene ring substituents is 1. The van der Waals surface area contributed by atoms with Crippen LogP contribution in [0.25, 0.3) is 0 Å². The minimum absolute atomic E-state index is 0.196. The maximum atomic E-state index is 13.7. The van der Waals surface area contributed by atoms with E-state index in [-0.39, 0.29) is 16.9 Å². The van der Waals surface area contributed by atoms with Crippen molar-refractivity contribution < 1.29 is 28.4 Å². The highest BCUT2D eigenvalue weighted by Gasteiger charge is 2.15. The number of nitro groups is 1. The number of anilines is 1. The zero-order valence-corrected chi connectivity index (χ0v) is 16.1. The Kier molecular flexibility index (Phi) is 6.89. The molecule has 0 aliphatic rings. The van der Waals surface area contributed by atoms with Crippen LogP contribution in [0.4, 0.5) is 15.8 Å². The van der Waals surface area contributed by atoms with Crippen molar-refractivity contribution >= 4 is 23.3 Å². The average Bonchev–Trinajstić information content (AvgIpc) is 2.78. The van der Waals surface area contributed by atoms with Gasteiger partial charge in [-0.2, -0.15) is 0 Å². The van der Waals surface area contributed by atoms with Gasteiger partial charge < -0.3 is 14.8 Å². The Morgan fingerprint density at radius 3 is 2.39 bits per heavy atom. The molecule has 1 N–H and O–H groups in total. The SMILES string of the molecule is O=C(COC(=O)c1ccc(OCc2ccccc2)cc1)Nc1cc([N+](=O)[O-])ccc1F. The van der Waals surface area contributed by atoms with Crippen molar-refractivity contribution in [2.24, 2.45) is 0 Å². The summed E-state index contributed by atoms with van der Waals surface area (Å²) in [5.41, 5.74) is 0.428. The molecule has 0 unspecified atom stereocenters. The molecule has 0 radical (unpaired) electrons. The molecule has 158 valence electrons. The molecule has 3 rings (SSSR count). The van der Waals surface area contributed by atoms with Crippen LogP contribution in [-0.4, -0.2) is 23.4 Å². The molecule has 3 aromatic carbocycles. The van der Waals surface area contributed by atoms with Gasteiger partial charge >= 0.3 is 5.97 Å². The minimum Gasteiger partial charge on any atom is -0.489 e. The Labute approximate surface area is 176 Å². The van der Waals surface area contributed by atoms with Gasteiger partial charge in [0.25, 0.3) is 11.6 Å². The second-order valence-electron chi connectivity index (χ2n) is 6.34. The Morgan fingerprint density at radius 1 is 1.00 bits per heavy atom. The van der Waals surface area contributed by atoms with Crippen LogP contribution in [0.1, 0.15) is 15.9 Å². The summed E-state index contributed by atoms with van der Waals surface area (Å²) in [5, 5.41) is 12.9. The van der Waals surface area contributed by atoms with Crippen LogP contribution in [0.3, 0.4) is 0 Å². The quantitative estimate of drug-likeness (QED) is 0.331. The van der Waals surface area contributed by atoms with Crippen LogP contribution < -0.4 is 10.1 Å². The second-order valence-corrected chi connectivity index (χ2v) is 6.34. The fourth-order valence-electron chi connectivity index (χ4n) is 2.55. The van der Waals surface area contributed by atoms with Crippen LogP contribution in [-0.2, 0) is 16.1 Å². The van der Waals surface area contributed by atoms with Gasteiger partial charge in [0, 0.05) is 12.1 Å². The number of nitrogens with one attached hydrogen (secondary N) is 1. The minimum atomic E-state index is -0.851. The van der Waals surface area contributed by atoms with E-state index in [1.54, 1.807) is 12.1 Å². The molecular weight excluding hydrogens is 407 g/mol. The third-order valence-corrected chi connectivity index (χ3v) is 4.11. The molecule has 0 aliphatic heterocycles. The first-order valence-corrected chi connectivity index (χ1v) is 9.10. The van der Waals surface area contributed by atoms with Gasteiger partial charge in [0.1, 0.15) is 18.2 Å². The number of ether oxygens (including phenoxy) is 2. The molecule has 0 aromatic heterocycles. The predicted molar refractivity (Wildman–Crippen MR) is 109 cm³/mol. The van der Waals surface area contributed by atoms with Crippen molar-refractivity contribution in [1.82, 2.24) is 0 Å². The molecule has 0 aliphatic carbocycles. The first-order valence-electron chi connectivity index (χ1n) is 9.10. The van der Waals surface area contributed by atoms with Gasteiger partial charge in [0.15, 0.2) is 6.61 Å². The number of amides is 1. The first kappa shape index (κ1) is 21.4. The number of halogens is 1. The molecule has 8 nitrogen and oxygen atoms in total. The molecule has 0 spiro atoms. The lowest BCUT2D eigenvalue weighted by Crippen LogP contribution is -2.21. The largest absolute Gasteiger partial charge is 0.489 e. The van der Waals surface area contributed by atoms with Crippen molar-refractivity contribution in [3.8, 4) is 5.75 Å². The standard InChI is InChI=1S/C22H17FN2O6/c23-19-11-8-17(25(28)29)12-20(19)24-21(26)14-31-22(27)16-6-9-18(10-7-16)30-13-15-4-2-1-3-5-15/h1-12H,13-14H2,(H,24,26). The van der Waals surface area contributed by atoms with Crippen molar-refractivity contribution in [3.05, 3.63) is 99.9 Å². The highest BCUT2D eigenvalue weighted by molar-refractivity contribution is 5.95. The number of rotatable bonds is 8. The van der Waals surface area contributed by atoms with E-state index >= 15 is 0 Å². The second kappa shape index (κ2) is 9.97. The third kappa shape index (κ3) is 6.10. The Hall–Kier alpha value is -4.27. The van der Waals surface area contributed by atoms with Crippen molar-refractivity contribution in [2.75, 3.05) is 11.9 Å². The maximum absolute atomic E-state index is 13.7. The summed E-state index contributed by atoms with van der Waals surface area (Å²) in [5.74, 6) is -1.89. The molecule has 31 heavy (non-hydrogen) atoms. The van der Waals surface area contributed by atoms with E-state index in [4.69, 9.17) is 9.47 Å². The molecule has 0 bridgehead atoms. The molecule has 9 heteroatoms. The smallest absolute Gasteiger partial charge is 0.338 e. The summed E-state index contributed by atoms with van der Waals surface area (Å²) in [6.45, 7) is -0.313. The van der Waals surface area contributed by atoms with Gasteiger partial charge in [-0.1, -0.05) is 30.3 Å². The predicted octanol–water partition coefficient (Wildman–Crippen LogP) is 4.11. The Morgan fingerprint density at radius 2 is 1.71 bits per heavy atom. The average molecular weight is 424 g/mol. The van der Waals surface area contributed by atoms with E-state index in [1.165, 1.54) is 12.1 Å². The molecular formula is C22H17FN2O6. The number of hydrogen-bond donors (Lipinski definition) is 1. The number of esters is 1. The van der Waals surface area contributed by atoms with E-state index in [0.29, 0.717) is 12.4 Å². The van der Waals surface area contributed by atoms with Gasteiger partial charge in [-0.25, -0.2) is 9.18 Å². The van der Waals surface area contributed by atoms with E-state index in [2.05, 4.69) is 5.32 Å². The van der Waals surface area contributed by atoms with Crippen LogP contribution in [0, 0.1) is 15.9 Å². The van der Waals surface area contributed by atoms with Gasteiger partial charge in [-0.3, -0.25) is 14.9 Å². The molecule has 1 amide bonds. The summed E-state index contributed by atoms with van der Waals surface area (Å²) in [6.07, 6.45) is 0. The summed E-state index contributed by atoms with van der Waals surface area (Å²) in [7, 11) is 0. The van der Waals surface area contributed by atoms with Gasteiger partial charge in [0.05, 0.1) is 16.2 Å². The maximum Gasteiger partial charge on any atom is 0.338 e. The molecule has 3 aromatic rings. The summed E-state index contributed by atoms with van der Waals surface area (Å²) < 4.78 is 24.2. The van der Waals surface area contributed by atoms with E-state index < -0.39 is 29.2 Å². The zero-order valence-electron chi connectivity index (χ0n) is 16.1. The summed E-state index contributed by atoms with van der Waals surface area (Å²) in [6, 6.07) is 18.4. The molecule has 0 atom stereocenters. The van der Waals surface area contributed by atoms with Crippen molar-refractivity contribution in [3.63, 3.8) is 0 Å². The van der Waals surface area contributed by atoms with Crippen LogP contribution in [0.2, 0.25) is 0 Å². The third-order valence-electron chi connectivity index (χ3n) is 4.11. The van der Waals surface area contributed by atoms with E-state index in [1.807, 2.05) is 30.3 Å². The summed E-state index contributed by atoms with van der Waals surface area (Å²) in [4.78, 5) is 34.0. The number of nitrogens with zero attached hydrogens (tertiary/aromatic N) is 1. The van der Waals surface area contributed by atoms with E-state index in [9.17, 15) is 24.1 Å². The lowest BCUT2D eigenvalue weighted by Gasteiger charge is -2.09. The van der Waals surface area contributed by atoms with Crippen LogP contribution in [0.5, 0.6) is 5.75 Å². The Balaban J connectivity index is 1.50. The van der Waals surface area contributed by atoms with Gasteiger partial charge in [-0.15, -0.1) is 0 Å². The molecule has 0 saturated heterocycles. The van der Waals surface area contributed by atoms with Crippen molar-refractivity contribution in [2.45, 2.75) is 6.61 Å². The first-order chi connectivity index (χ1) is 14.9. The van der Waals surface area contributed by atoms with Crippen LogP contribution >= 0.6 is 0 Å². The lowest BCUT2D eigenvalue weighted by atomic mass is 10.2. The summed E-state index contributed by atoms with van der Waals surface area (Å²) >= 11 is 0. The highest BCUT2D eigenvalue weighted by atomic mass is 19.1. The number of non-ortho nitro benzene ring substituents is 1. The number of benzene rings is 3. The fraction of sp³-hybridized carbons (Fsp3) is 0.0909. The fourth-order valence-corrected chi connectivity index (χ4v) is 2.55. The number of carbonyl (C=O) groups is 2. The van der Waals surface area contributed by atoms with Gasteiger partial charge in [0.2, 0.25) is 0 Å². The lowest BCUT2D eigenvalue weighted by molar-refractivity contribution is -0.384. The molecule has 0 heterocycles. The normalized spacial score (nSPS) is 10.2. The van der Waals surface area contributed by atoms with E-state index in [0.717, 1.165) is 23.8 Å². The van der Waals surface area contributed by atoms with Crippen LogP contribution in [0.15, 0.2) is 72.8 Å². The topological polar surface area (TPSA) is 108 Å². The Bertz CT molecular complexity index is 1090. The van der Waals surface area contributed by atoms with Crippen molar-refractivity contribution in [1.29, 1.82) is 0 Å².